The van der Waals surface area contributed by atoms with Crippen LogP contribution in [0.2, 0.25) is 0 Å². The highest BCUT2D eigenvalue weighted by atomic mass is 35.5. The molecule has 1 saturated heterocycles. The fraction of sp³-hybridized carbons (Fsp3) is 0.714. The smallest absolute Gasteiger partial charge is 0.239 e. The minimum Gasteiger partial charge on any atom is -0.373 e. The van der Waals surface area contributed by atoms with Crippen LogP contribution in [0, 0.1) is 5.92 Å². The van der Waals surface area contributed by atoms with E-state index in [4.69, 9.17) is 10.5 Å². The highest BCUT2D eigenvalue weighted by Gasteiger charge is 2.28. The van der Waals surface area contributed by atoms with E-state index in [0.717, 1.165) is 6.42 Å². The van der Waals surface area contributed by atoms with Crippen molar-refractivity contribution in [2.45, 2.75) is 39.0 Å². The number of aromatic nitrogens is 2. The number of morpholine rings is 1. The van der Waals surface area contributed by atoms with Gasteiger partial charge in [-0.1, -0.05) is 13.8 Å². The third-order valence-corrected chi connectivity index (χ3v) is 3.44. The van der Waals surface area contributed by atoms with Gasteiger partial charge < -0.3 is 15.4 Å². The van der Waals surface area contributed by atoms with Gasteiger partial charge in [0.05, 0.1) is 25.3 Å². The van der Waals surface area contributed by atoms with E-state index in [2.05, 4.69) is 18.9 Å². The third-order valence-electron chi connectivity index (χ3n) is 3.44. The number of nitrogens with zero attached hydrogens (tertiary/aromatic N) is 3. The molecule has 1 unspecified atom stereocenters. The van der Waals surface area contributed by atoms with Crippen LogP contribution in [0.15, 0.2) is 18.5 Å². The van der Waals surface area contributed by atoms with Gasteiger partial charge in [0.25, 0.3) is 0 Å². The molecule has 0 aromatic carbocycles. The monoisotopic (exact) mass is 352 g/mol. The first kappa shape index (κ1) is 21.2. The van der Waals surface area contributed by atoms with Crippen LogP contribution >= 0.6 is 24.8 Å². The zero-order valence-electron chi connectivity index (χ0n) is 13.1. The van der Waals surface area contributed by atoms with Crippen LogP contribution in [-0.2, 0) is 16.1 Å². The molecular weight excluding hydrogens is 327 g/mol. The lowest BCUT2D eigenvalue weighted by Gasteiger charge is -2.34. The predicted octanol–water partition coefficient (Wildman–Crippen LogP) is 1.33. The highest BCUT2D eigenvalue weighted by molar-refractivity contribution is 5.85. The van der Waals surface area contributed by atoms with E-state index in [-0.39, 0.29) is 36.8 Å². The fourth-order valence-electron chi connectivity index (χ4n) is 2.49. The molecule has 6 nitrogen and oxygen atoms in total. The molecule has 0 bridgehead atoms. The quantitative estimate of drug-likeness (QED) is 0.867. The summed E-state index contributed by atoms with van der Waals surface area (Å²) >= 11 is 0. The van der Waals surface area contributed by atoms with Crippen LogP contribution < -0.4 is 5.73 Å². The maximum atomic E-state index is 12.3. The van der Waals surface area contributed by atoms with Crippen LogP contribution in [0.3, 0.4) is 0 Å². The molecule has 0 radical (unpaired) electrons. The summed E-state index contributed by atoms with van der Waals surface area (Å²) in [6, 6.07) is 1.48. The van der Waals surface area contributed by atoms with E-state index in [1.54, 1.807) is 6.20 Å². The molecule has 0 aliphatic carbocycles. The van der Waals surface area contributed by atoms with Crippen molar-refractivity contribution in [1.29, 1.82) is 0 Å². The summed E-state index contributed by atoms with van der Waals surface area (Å²) in [6.45, 7) is 6.59. The van der Waals surface area contributed by atoms with E-state index in [1.807, 2.05) is 21.8 Å². The summed E-state index contributed by atoms with van der Waals surface area (Å²) in [7, 11) is 0. The Morgan fingerprint density at radius 1 is 1.45 bits per heavy atom. The van der Waals surface area contributed by atoms with E-state index >= 15 is 0 Å². The average Bonchev–Trinajstić information content (AvgIpc) is 2.90. The first-order valence-electron chi connectivity index (χ1n) is 7.19. The minimum atomic E-state index is -0.404. The molecule has 128 valence electrons. The van der Waals surface area contributed by atoms with Crippen molar-refractivity contribution in [3.63, 3.8) is 0 Å². The largest absolute Gasteiger partial charge is 0.373 e. The van der Waals surface area contributed by atoms with Crippen molar-refractivity contribution in [3.8, 4) is 0 Å². The first-order valence-corrected chi connectivity index (χ1v) is 7.19. The molecule has 22 heavy (non-hydrogen) atoms. The van der Waals surface area contributed by atoms with Crippen LogP contribution in [0.4, 0.5) is 0 Å². The highest BCUT2D eigenvalue weighted by Crippen LogP contribution is 2.11. The number of hydrogen-bond donors (Lipinski definition) is 1. The van der Waals surface area contributed by atoms with E-state index in [9.17, 15) is 4.79 Å². The van der Waals surface area contributed by atoms with Gasteiger partial charge in [-0.15, -0.1) is 24.8 Å². The number of nitrogens with two attached hydrogens (primary N) is 1. The zero-order chi connectivity index (χ0) is 14.5. The predicted molar refractivity (Wildman–Crippen MR) is 90.5 cm³/mol. The van der Waals surface area contributed by atoms with Crippen LogP contribution in [0.5, 0.6) is 0 Å². The second-order valence-corrected chi connectivity index (χ2v) is 5.74. The lowest BCUT2D eigenvalue weighted by atomic mass is 10.0. The lowest BCUT2D eigenvalue weighted by Crippen LogP contribution is -2.52. The van der Waals surface area contributed by atoms with Crippen molar-refractivity contribution in [3.05, 3.63) is 18.5 Å². The molecule has 2 atom stereocenters. The Balaban J connectivity index is 0.00000220. The van der Waals surface area contributed by atoms with Crippen LogP contribution in [-0.4, -0.2) is 52.4 Å². The summed E-state index contributed by atoms with van der Waals surface area (Å²) in [5, 5.41) is 4.16. The second-order valence-electron chi connectivity index (χ2n) is 5.74. The Labute approximate surface area is 144 Å². The molecule has 2 N–H and O–H groups in total. The third kappa shape index (κ3) is 6.12. The van der Waals surface area contributed by atoms with Crippen molar-refractivity contribution in [2.75, 3.05) is 19.7 Å². The second kappa shape index (κ2) is 10.0. The Morgan fingerprint density at radius 3 is 2.77 bits per heavy atom. The maximum absolute atomic E-state index is 12.3. The van der Waals surface area contributed by atoms with Crippen molar-refractivity contribution in [1.82, 2.24) is 14.7 Å². The first-order chi connectivity index (χ1) is 9.56. The maximum Gasteiger partial charge on any atom is 0.239 e. The van der Waals surface area contributed by atoms with Gasteiger partial charge in [0, 0.05) is 25.5 Å². The Hall–Kier alpha value is -0.820. The summed E-state index contributed by atoms with van der Waals surface area (Å²) < 4.78 is 7.52. The normalized spacial score (nSPS) is 19.3. The topological polar surface area (TPSA) is 73.4 Å². The van der Waals surface area contributed by atoms with Crippen LogP contribution in [0.25, 0.3) is 0 Å². The molecule has 1 aliphatic rings. The number of carbonyl (C=O) groups excluding carboxylic acids is 1. The summed E-state index contributed by atoms with van der Waals surface area (Å²) in [6.07, 6.45) is 4.35. The van der Waals surface area contributed by atoms with Crippen molar-refractivity contribution < 1.29 is 9.53 Å². The minimum absolute atomic E-state index is 0. The van der Waals surface area contributed by atoms with Gasteiger partial charge in [-0.05, 0) is 18.4 Å². The summed E-state index contributed by atoms with van der Waals surface area (Å²) in [4.78, 5) is 14.1. The molecule has 1 aliphatic heterocycles. The number of carbonyl (C=O) groups is 1. The van der Waals surface area contributed by atoms with Gasteiger partial charge in [-0.25, -0.2) is 0 Å². The Bertz CT molecular complexity index is 428. The Kier molecular flexibility index (Phi) is 9.67. The molecule has 0 saturated carbocycles. The average molecular weight is 353 g/mol. The van der Waals surface area contributed by atoms with Gasteiger partial charge in [-0.2, -0.15) is 5.10 Å². The van der Waals surface area contributed by atoms with Gasteiger partial charge in [0.2, 0.25) is 5.91 Å². The zero-order valence-corrected chi connectivity index (χ0v) is 14.7. The van der Waals surface area contributed by atoms with E-state index in [0.29, 0.717) is 32.2 Å². The molecule has 0 spiro atoms. The molecule has 1 aromatic rings. The standard InChI is InChI=1S/C14H24N4O2.2ClH/c1-11(2)8-13(15)14(19)17-6-7-20-12(9-17)10-18-5-3-4-16-18;;/h3-5,11-13H,6-10,15H2,1-2H3;2*1H/t12?,13-;;/m0../s1. The Morgan fingerprint density at radius 2 is 2.18 bits per heavy atom. The van der Waals surface area contributed by atoms with Gasteiger partial charge in [0.1, 0.15) is 0 Å². The molecular formula is C14H26Cl2N4O2. The van der Waals surface area contributed by atoms with E-state index < -0.39 is 6.04 Å². The molecule has 1 fully saturated rings. The number of ether oxygens (including phenoxy) is 1. The number of hydrogen-bond acceptors (Lipinski definition) is 4. The molecule has 1 aromatic heterocycles. The number of amides is 1. The van der Waals surface area contributed by atoms with Crippen molar-refractivity contribution in [2.24, 2.45) is 11.7 Å². The SMILES string of the molecule is CC(C)C[C@H](N)C(=O)N1CCOC(Cn2cccn2)C1.Cl.Cl. The van der Waals surface area contributed by atoms with Gasteiger partial charge >= 0.3 is 0 Å². The molecule has 8 heteroatoms. The fourth-order valence-corrected chi connectivity index (χ4v) is 2.49. The van der Waals surface area contributed by atoms with Crippen LogP contribution in [0.1, 0.15) is 20.3 Å². The summed E-state index contributed by atoms with van der Waals surface area (Å²) in [5.41, 5.74) is 5.98. The van der Waals surface area contributed by atoms with Gasteiger partial charge in [-0.3, -0.25) is 9.48 Å². The van der Waals surface area contributed by atoms with Crippen molar-refractivity contribution >= 4 is 30.7 Å². The lowest BCUT2D eigenvalue weighted by molar-refractivity contribution is -0.141. The summed E-state index contributed by atoms with van der Waals surface area (Å²) in [5.74, 6) is 0.460. The molecule has 2 rings (SSSR count). The van der Waals surface area contributed by atoms with E-state index in [1.165, 1.54) is 0 Å². The molecule has 2 heterocycles. The number of halogens is 2. The molecule has 1 amide bonds. The van der Waals surface area contributed by atoms with Gasteiger partial charge in [0.15, 0.2) is 0 Å². The number of rotatable bonds is 5.